The summed E-state index contributed by atoms with van der Waals surface area (Å²) in [6.07, 6.45) is 2.44. The molecule has 1 saturated heterocycles. The second-order valence-corrected chi connectivity index (χ2v) is 7.72. The molecule has 0 aliphatic carbocycles. The molecule has 1 aliphatic heterocycles. The third kappa shape index (κ3) is 6.00. The van der Waals surface area contributed by atoms with E-state index in [1.54, 1.807) is 17.0 Å². The van der Waals surface area contributed by atoms with Crippen molar-refractivity contribution in [2.24, 2.45) is 0 Å². The average Bonchev–Trinajstić information content (AvgIpc) is 3.48. The van der Waals surface area contributed by atoms with Crippen LogP contribution in [0.4, 0.5) is 5.69 Å². The molecule has 3 amide bonds. The van der Waals surface area contributed by atoms with Crippen LogP contribution in [-0.4, -0.2) is 36.9 Å². The SMILES string of the molecule is O=C(CCCNC(=O)c1ccco1)NC1CC(=O)N(c2ccc(Oc3ccccc3)cc2)C1. The molecule has 2 heterocycles. The minimum Gasteiger partial charge on any atom is -0.459 e. The lowest BCUT2D eigenvalue weighted by Crippen LogP contribution is -2.37. The van der Waals surface area contributed by atoms with Crippen molar-refractivity contribution < 1.29 is 23.5 Å². The predicted molar refractivity (Wildman–Crippen MR) is 122 cm³/mol. The van der Waals surface area contributed by atoms with Crippen molar-refractivity contribution >= 4 is 23.4 Å². The summed E-state index contributed by atoms with van der Waals surface area (Å²) in [6, 6.07) is 19.7. The second kappa shape index (κ2) is 10.5. The number of hydrogen-bond donors (Lipinski definition) is 2. The zero-order valence-electron chi connectivity index (χ0n) is 18.0. The summed E-state index contributed by atoms with van der Waals surface area (Å²) < 4.78 is 10.8. The number of para-hydroxylation sites is 1. The van der Waals surface area contributed by atoms with E-state index in [0.29, 0.717) is 25.3 Å². The molecule has 1 aliphatic rings. The molecule has 0 spiro atoms. The maximum Gasteiger partial charge on any atom is 0.286 e. The van der Waals surface area contributed by atoms with E-state index >= 15 is 0 Å². The first kappa shape index (κ1) is 22.1. The summed E-state index contributed by atoms with van der Waals surface area (Å²) in [5.41, 5.74) is 0.762. The molecule has 1 fully saturated rings. The van der Waals surface area contributed by atoms with E-state index in [-0.39, 0.29) is 42.4 Å². The molecule has 2 aromatic carbocycles. The van der Waals surface area contributed by atoms with Crippen LogP contribution < -0.4 is 20.3 Å². The van der Waals surface area contributed by atoms with E-state index < -0.39 is 0 Å². The topological polar surface area (TPSA) is 101 Å². The Morgan fingerprint density at radius 2 is 1.76 bits per heavy atom. The number of rotatable bonds is 9. The summed E-state index contributed by atoms with van der Waals surface area (Å²) in [6.45, 7) is 0.777. The van der Waals surface area contributed by atoms with Crippen molar-refractivity contribution in [1.29, 1.82) is 0 Å². The third-order valence-electron chi connectivity index (χ3n) is 5.23. The highest BCUT2D eigenvalue weighted by Gasteiger charge is 2.31. The Kier molecular flexibility index (Phi) is 7.04. The van der Waals surface area contributed by atoms with Crippen LogP contribution in [0.3, 0.4) is 0 Å². The Morgan fingerprint density at radius 3 is 2.48 bits per heavy atom. The minimum atomic E-state index is -0.308. The first-order chi connectivity index (χ1) is 16.1. The van der Waals surface area contributed by atoms with Crippen LogP contribution in [0.2, 0.25) is 0 Å². The van der Waals surface area contributed by atoms with E-state index in [9.17, 15) is 14.4 Å². The summed E-state index contributed by atoms with van der Waals surface area (Å²) >= 11 is 0. The Labute approximate surface area is 191 Å². The van der Waals surface area contributed by atoms with Gasteiger partial charge in [0.15, 0.2) is 5.76 Å². The van der Waals surface area contributed by atoms with E-state index in [2.05, 4.69) is 10.6 Å². The van der Waals surface area contributed by atoms with Crippen LogP contribution in [0.25, 0.3) is 0 Å². The number of nitrogens with zero attached hydrogens (tertiary/aromatic N) is 1. The fourth-order valence-corrected chi connectivity index (χ4v) is 3.62. The monoisotopic (exact) mass is 447 g/mol. The summed E-state index contributed by atoms with van der Waals surface area (Å²) in [4.78, 5) is 38.2. The first-order valence-corrected chi connectivity index (χ1v) is 10.8. The number of anilines is 1. The number of carbonyl (C=O) groups is 3. The number of furan rings is 1. The molecule has 1 unspecified atom stereocenters. The summed E-state index contributed by atoms with van der Waals surface area (Å²) in [7, 11) is 0. The van der Waals surface area contributed by atoms with Crippen LogP contribution in [0.1, 0.15) is 29.8 Å². The normalized spacial score (nSPS) is 15.3. The number of benzene rings is 2. The maximum absolute atomic E-state index is 12.5. The van der Waals surface area contributed by atoms with E-state index in [1.165, 1.54) is 6.26 Å². The third-order valence-corrected chi connectivity index (χ3v) is 5.23. The molecule has 4 rings (SSSR count). The Morgan fingerprint density at radius 1 is 1.00 bits per heavy atom. The summed E-state index contributed by atoms with van der Waals surface area (Å²) in [5, 5.41) is 5.62. The quantitative estimate of drug-likeness (QED) is 0.489. The van der Waals surface area contributed by atoms with Crippen molar-refractivity contribution in [3.05, 3.63) is 78.8 Å². The van der Waals surface area contributed by atoms with E-state index in [0.717, 1.165) is 11.4 Å². The van der Waals surface area contributed by atoms with Gasteiger partial charge in [-0.05, 0) is 55.0 Å². The van der Waals surface area contributed by atoms with Gasteiger partial charge in [-0.25, -0.2) is 0 Å². The molecule has 8 heteroatoms. The number of ether oxygens (including phenoxy) is 1. The maximum atomic E-state index is 12.5. The molecule has 3 aromatic rings. The fraction of sp³-hybridized carbons (Fsp3) is 0.240. The van der Waals surface area contributed by atoms with Gasteiger partial charge in [0.25, 0.3) is 5.91 Å². The van der Waals surface area contributed by atoms with Gasteiger partial charge in [-0.2, -0.15) is 0 Å². The zero-order chi connectivity index (χ0) is 23.0. The minimum absolute atomic E-state index is 0.0391. The highest BCUT2D eigenvalue weighted by atomic mass is 16.5. The van der Waals surface area contributed by atoms with E-state index in [1.807, 2.05) is 54.6 Å². The molecular formula is C25H25N3O5. The fourth-order valence-electron chi connectivity index (χ4n) is 3.62. The smallest absolute Gasteiger partial charge is 0.286 e. The van der Waals surface area contributed by atoms with Crippen molar-refractivity contribution in [3.8, 4) is 11.5 Å². The van der Waals surface area contributed by atoms with Crippen molar-refractivity contribution in [2.45, 2.75) is 25.3 Å². The van der Waals surface area contributed by atoms with Crippen molar-refractivity contribution in [3.63, 3.8) is 0 Å². The van der Waals surface area contributed by atoms with Crippen LogP contribution >= 0.6 is 0 Å². The van der Waals surface area contributed by atoms with Gasteiger partial charge in [0, 0.05) is 31.6 Å². The van der Waals surface area contributed by atoms with Crippen LogP contribution in [0, 0.1) is 0 Å². The number of amides is 3. The van der Waals surface area contributed by atoms with Crippen molar-refractivity contribution in [1.82, 2.24) is 10.6 Å². The van der Waals surface area contributed by atoms with Gasteiger partial charge in [0.05, 0.1) is 12.3 Å². The molecule has 170 valence electrons. The first-order valence-electron chi connectivity index (χ1n) is 10.8. The zero-order valence-corrected chi connectivity index (χ0v) is 18.0. The second-order valence-electron chi connectivity index (χ2n) is 7.72. The average molecular weight is 447 g/mol. The Bertz CT molecular complexity index is 1080. The molecule has 1 atom stereocenters. The molecule has 0 saturated carbocycles. The molecule has 1 aromatic heterocycles. The molecule has 2 N–H and O–H groups in total. The lowest BCUT2D eigenvalue weighted by atomic mass is 10.2. The van der Waals surface area contributed by atoms with Gasteiger partial charge >= 0.3 is 0 Å². The van der Waals surface area contributed by atoms with Gasteiger partial charge in [-0.1, -0.05) is 18.2 Å². The van der Waals surface area contributed by atoms with Gasteiger partial charge in [-0.3, -0.25) is 14.4 Å². The lowest BCUT2D eigenvalue weighted by Gasteiger charge is -2.18. The largest absolute Gasteiger partial charge is 0.459 e. The number of nitrogens with one attached hydrogen (secondary N) is 2. The van der Waals surface area contributed by atoms with Crippen LogP contribution in [0.5, 0.6) is 11.5 Å². The summed E-state index contributed by atoms with van der Waals surface area (Å²) in [5.74, 6) is 1.17. The van der Waals surface area contributed by atoms with Gasteiger partial charge in [0.2, 0.25) is 11.8 Å². The molecule has 0 bridgehead atoms. The highest BCUT2D eigenvalue weighted by Crippen LogP contribution is 2.27. The number of carbonyl (C=O) groups excluding carboxylic acids is 3. The lowest BCUT2D eigenvalue weighted by molar-refractivity contribution is -0.121. The Hall–Kier alpha value is -4.07. The van der Waals surface area contributed by atoms with Crippen LogP contribution in [0.15, 0.2) is 77.4 Å². The Balaban J connectivity index is 1.21. The van der Waals surface area contributed by atoms with Crippen LogP contribution in [-0.2, 0) is 9.59 Å². The van der Waals surface area contributed by atoms with Crippen molar-refractivity contribution in [2.75, 3.05) is 18.0 Å². The van der Waals surface area contributed by atoms with E-state index in [4.69, 9.17) is 9.15 Å². The number of hydrogen-bond acceptors (Lipinski definition) is 5. The molecule has 33 heavy (non-hydrogen) atoms. The van der Waals surface area contributed by atoms with Gasteiger partial charge < -0.3 is 24.7 Å². The standard InChI is InChI=1S/C25H25N3O5/c29-23(9-4-14-26-25(31)22-8-5-15-32-22)27-18-16-24(30)28(17-18)19-10-12-21(13-11-19)33-20-6-2-1-3-7-20/h1-3,5-8,10-13,15,18H,4,9,14,16-17H2,(H,26,31)(H,27,29). The molecule has 8 nitrogen and oxygen atoms in total. The molecule has 0 radical (unpaired) electrons. The highest BCUT2D eigenvalue weighted by molar-refractivity contribution is 5.97. The molecular weight excluding hydrogens is 422 g/mol. The predicted octanol–water partition coefficient (Wildman–Crippen LogP) is 3.50. The van der Waals surface area contributed by atoms with Gasteiger partial charge in [0.1, 0.15) is 11.5 Å². The van der Waals surface area contributed by atoms with Gasteiger partial charge in [-0.15, -0.1) is 0 Å².